The van der Waals surface area contributed by atoms with E-state index in [1.807, 2.05) is 0 Å². The minimum absolute atomic E-state index is 0.177. The Morgan fingerprint density at radius 1 is 0.527 bits per heavy atom. The van der Waals surface area contributed by atoms with Crippen LogP contribution in [0.25, 0.3) is 0 Å². The van der Waals surface area contributed by atoms with Gasteiger partial charge in [-0.1, -0.05) is 187 Å². The Hall–Kier alpha value is -1.29. The van der Waals surface area contributed by atoms with E-state index in [2.05, 4.69) is 30.5 Å². The second-order valence-corrected chi connectivity index (χ2v) is 16.9. The van der Waals surface area contributed by atoms with Gasteiger partial charge in [0, 0.05) is 12.8 Å². The molecule has 0 saturated heterocycles. The Kier molecular flexibility index (Phi) is 39.9. The number of ether oxygens (including phenoxy) is 2. The third-order valence-electron chi connectivity index (χ3n) is 9.90. The fraction of sp³-hybridized carbons (Fsp3) is 0.909. The number of carbonyl (C=O) groups is 2. The maximum atomic E-state index is 12.5. The molecule has 0 rings (SSSR count). The standard InChI is InChI=1S/C44H85O10P/c1-3-5-7-9-11-13-15-16-17-18-19-20-21-22-23-24-25-26-28-29-31-33-35-43(47)51-39-42(40-53-55(49,50)52-38-41(46)37-45)54-44(48)36-34-32-30-27-14-12-10-8-6-4-2/h8,10,41-42,45-46H,3-7,9,11-40H2,1-2H3,(H,49,50)/b10-8-. The monoisotopic (exact) mass is 805 g/mol. The highest BCUT2D eigenvalue weighted by Gasteiger charge is 2.27. The molecule has 3 unspecified atom stereocenters. The first kappa shape index (κ1) is 53.7. The van der Waals surface area contributed by atoms with Gasteiger partial charge in [0.15, 0.2) is 6.10 Å². The van der Waals surface area contributed by atoms with E-state index >= 15 is 0 Å². The Labute approximate surface area is 336 Å². The molecule has 0 saturated carbocycles. The first-order valence-electron chi connectivity index (χ1n) is 22.6. The number of phosphoric acid groups is 1. The van der Waals surface area contributed by atoms with Crippen LogP contribution in [0.4, 0.5) is 0 Å². The third-order valence-corrected chi connectivity index (χ3v) is 10.9. The van der Waals surface area contributed by atoms with Crippen molar-refractivity contribution in [3.63, 3.8) is 0 Å². The van der Waals surface area contributed by atoms with E-state index in [1.165, 1.54) is 116 Å². The molecule has 3 N–H and O–H groups in total. The summed E-state index contributed by atoms with van der Waals surface area (Å²) in [5, 5.41) is 18.3. The van der Waals surface area contributed by atoms with Crippen molar-refractivity contribution in [2.75, 3.05) is 26.4 Å². The van der Waals surface area contributed by atoms with E-state index in [4.69, 9.17) is 19.1 Å². The summed E-state index contributed by atoms with van der Waals surface area (Å²) in [5.41, 5.74) is 0. The van der Waals surface area contributed by atoms with Crippen LogP contribution in [0.5, 0.6) is 0 Å². The molecule has 0 heterocycles. The molecule has 0 amide bonds. The molecule has 0 radical (unpaired) electrons. The van der Waals surface area contributed by atoms with Gasteiger partial charge >= 0.3 is 19.8 Å². The van der Waals surface area contributed by atoms with Gasteiger partial charge < -0.3 is 24.6 Å². The lowest BCUT2D eigenvalue weighted by Crippen LogP contribution is -2.29. The molecule has 3 atom stereocenters. The molecule has 326 valence electrons. The van der Waals surface area contributed by atoms with Crippen LogP contribution in [-0.4, -0.2) is 65.7 Å². The van der Waals surface area contributed by atoms with Crippen LogP contribution in [0.1, 0.15) is 219 Å². The van der Waals surface area contributed by atoms with Crippen LogP contribution in [0.2, 0.25) is 0 Å². The maximum Gasteiger partial charge on any atom is 0.472 e. The predicted octanol–water partition coefficient (Wildman–Crippen LogP) is 12.0. The molecule has 11 heteroatoms. The molecule has 0 aromatic carbocycles. The van der Waals surface area contributed by atoms with E-state index in [0.29, 0.717) is 12.8 Å². The van der Waals surface area contributed by atoms with E-state index in [1.54, 1.807) is 0 Å². The topological polar surface area (TPSA) is 149 Å². The highest BCUT2D eigenvalue weighted by molar-refractivity contribution is 7.47. The van der Waals surface area contributed by atoms with Crippen molar-refractivity contribution in [1.29, 1.82) is 0 Å². The number of hydrogen-bond donors (Lipinski definition) is 3. The summed E-state index contributed by atoms with van der Waals surface area (Å²) in [7, 11) is -4.61. The summed E-state index contributed by atoms with van der Waals surface area (Å²) in [5.74, 6) is -0.926. The van der Waals surface area contributed by atoms with Crippen molar-refractivity contribution < 1.29 is 47.8 Å². The lowest BCUT2D eigenvalue weighted by Gasteiger charge is -2.20. The molecule has 0 aromatic rings. The van der Waals surface area contributed by atoms with Crippen molar-refractivity contribution in [3.8, 4) is 0 Å². The lowest BCUT2D eigenvalue weighted by molar-refractivity contribution is -0.161. The molecule has 0 aliphatic carbocycles. The summed E-state index contributed by atoms with van der Waals surface area (Å²) in [6.07, 6.45) is 39.1. The van der Waals surface area contributed by atoms with E-state index in [-0.39, 0.29) is 19.4 Å². The molecule has 0 fully saturated rings. The number of hydrogen-bond acceptors (Lipinski definition) is 9. The zero-order valence-corrected chi connectivity index (χ0v) is 36.3. The number of aliphatic hydroxyl groups is 2. The van der Waals surface area contributed by atoms with Gasteiger partial charge in [-0.2, -0.15) is 0 Å². The van der Waals surface area contributed by atoms with Gasteiger partial charge in [0.05, 0.1) is 19.8 Å². The van der Waals surface area contributed by atoms with Gasteiger partial charge in [-0.3, -0.25) is 18.6 Å². The van der Waals surface area contributed by atoms with Crippen LogP contribution < -0.4 is 0 Å². The van der Waals surface area contributed by atoms with Gasteiger partial charge in [-0.15, -0.1) is 0 Å². The third kappa shape index (κ3) is 40.7. The molecule has 0 spiro atoms. The molecule has 0 aliphatic rings. The number of rotatable bonds is 43. The molecule has 0 aliphatic heterocycles. The number of phosphoric ester groups is 1. The fourth-order valence-corrected chi connectivity index (χ4v) is 7.20. The van der Waals surface area contributed by atoms with Gasteiger partial charge in [0.2, 0.25) is 0 Å². The lowest BCUT2D eigenvalue weighted by atomic mass is 10.0. The summed E-state index contributed by atoms with van der Waals surface area (Å²) >= 11 is 0. The van der Waals surface area contributed by atoms with Crippen molar-refractivity contribution in [2.45, 2.75) is 232 Å². The van der Waals surface area contributed by atoms with Gasteiger partial charge in [0.25, 0.3) is 0 Å². The zero-order chi connectivity index (χ0) is 40.5. The van der Waals surface area contributed by atoms with Crippen LogP contribution >= 0.6 is 7.82 Å². The number of unbranched alkanes of at least 4 members (excludes halogenated alkanes) is 27. The van der Waals surface area contributed by atoms with E-state index in [0.717, 1.165) is 64.2 Å². The van der Waals surface area contributed by atoms with Crippen LogP contribution in [0.3, 0.4) is 0 Å². The molecular formula is C44H85O10P. The number of carbonyl (C=O) groups excluding carboxylic acids is 2. The molecule has 0 aromatic heterocycles. The highest BCUT2D eigenvalue weighted by atomic mass is 31.2. The number of esters is 2. The van der Waals surface area contributed by atoms with Crippen LogP contribution in [0, 0.1) is 0 Å². The van der Waals surface area contributed by atoms with Crippen molar-refractivity contribution in [1.82, 2.24) is 0 Å². The highest BCUT2D eigenvalue weighted by Crippen LogP contribution is 2.43. The summed E-state index contributed by atoms with van der Waals surface area (Å²) in [6, 6.07) is 0. The molecule has 55 heavy (non-hydrogen) atoms. The predicted molar refractivity (Wildman–Crippen MR) is 224 cm³/mol. The summed E-state index contributed by atoms with van der Waals surface area (Å²) < 4.78 is 32.7. The normalized spacial score (nSPS) is 13.9. The van der Waals surface area contributed by atoms with Crippen LogP contribution in [-0.2, 0) is 32.7 Å². The average molecular weight is 805 g/mol. The first-order valence-corrected chi connectivity index (χ1v) is 24.1. The Morgan fingerprint density at radius 2 is 0.927 bits per heavy atom. The SMILES string of the molecule is CCC/C=C\CCCCCCCC(=O)OC(COC(=O)CCCCCCCCCCCCCCCCCCCCCCCC)COP(=O)(O)OCC(O)CO. The Morgan fingerprint density at radius 3 is 1.38 bits per heavy atom. The Balaban J connectivity index is 4.09. The Bertz CT molecular complexity index is 930. The minimum atomic E-state index is -4.61. The number of aliphatic hydroxyl groups excluding tert-OH is 2. The zero-order valence-electron chi connectivity index (χ0n) is 35.4. The summed E-state index contributed by atoms with van der Waals surface area (Å²) in [4.78, 5) is 34.9. The molecule has 0 bridgehead atoms. The van der Waals surface area contributed by atoms with Crippen LogP contribution in [0.15, 0.2) is 12.2 Å². The molecule has 10 nitrogen and oxygen atoms in total. The minimum Gasteiger partial charge on any atom is -0.462 e. The van der Waals surface area contributed by atoms with Gasteiger partial charge in [0.1, 0.15) is 12.7 Å². The maximum absolute atomic E-state index is 12.5. The summed E-state index contributed by atoms with van der Waals surface area (Å²) in [6.45, 7) is 2.33. The largest absolute Gasteiger partial charge is 0.472 e. The first-order chi connectivity index (χ1) is 26.7. The molecular weight excluding hydrogens is 719 g/mol. The second-order valence-electron chi connectivity index (χ2n) is 15.4. The van der Waals surface area contributed by atoms with E-state index < -0.39 is 51.8 Å². The second kappa shape index (κ2) is 40.9. The van der Waals surface area contributed by atoms with Crippen molar-refractivity contribution in [2.24, 2.45) is 0 Å². The fourth-order valence-electron chi connectivity index (χ4n) is 6.41. The smallest absolute Gasteiger partial charge is 0.462 e. The number of allylic oxidation sites excluding steroid dienone is 2. The average Bonchev–Trinajstić information content (AvgIpc) is 3.17. The van der Waals surface area contributed by atoms with E-state index in [9.17, 15) is 24.2 Å². The van der Waals surface area contributed by atoms with Gasteiger partial charge in [-0.25, -0.2) is 4.57 Å². The van der Waals surface area contributed by atoms with Crippen molar-refractivity contribution in [3.05, 3.63) is 12.2 Å². The quantitative estimate of drug-likeness (QED) is 0.0235. The van der Waals surface area contributed by atoms with Gasteiger partial charge in [-0.05, 0) is 32.1 Å². The van der Waals surface area contributed by atoms with Crippen molar-refractivity contribution >= 4 is 19.8 Å².